The molecule has 3 N–H and O–H groups in total. The van der Waals surface area contributed by atoms with Gasteiger partial charge >= 0.3 is 0 Å². The quantitative estimate of drug-likeness (QED) is 0.435. The molecule has 2 aliphatic rings. The van der Waals surface area contributed by atoms with Gasteiger partial charge in [0.05, 0.1) is 19.2 Å². The second-order valence-electron chi connectivity index (χ2n) is 9.47. The molecule has 4 rings (SSSR count). The minimum absolute atomic E-state index is 0.0355. The van der Waals surface area contributed by atoms with Gasteiger partial charge in [-0.2, -0.15) is 5.26 Å². The van der Waals surface area contributed by atoms with E-state index in [0.29, 0.717) is 0 Å². The Bertz CT molecular complexity index is 1270. The molecule has 0 aliphatic carbocycles. The first-order chi connectivity index (χ1) is 18.7. The third kappa shape index (κ3) is 6.85. The van der Waals surface area contributed by atoms with Crippen molar-refractivity contribution in [1.29, 1.82) is 5.26 Å². The number of amides is 4. The zero-order chi connectivity index (χ0) is 27.9. The Morgan fingerprint density at radius 1 is 1.05 bits per heavy atom. The van der Waals surface area contributed by atoms with Gasteiger partial charge in [-0.3, -0.25) is 19.2 Å². The summed E-state index contributed by atoms with van der Waals surface area (Å²) in [4.78, 5) is 63.4. The molecule has 2 bridgehead atoms. The second-order valence-corrected chi connectivity index (χ2v) is 9.47. The highest BCUT2D eigenvalue weighted by atomic mass is 16.5. The Kier molecular flexibility index (Phi) is 8.67. The van der Waals surface area contributed by atoms with Crippen LogP contribution in [0.4, 0.5) is 5.82 Å². The van der Waals surface area contributed by atoms with Gasteiger partial charge in [-0.1, -0.05) is 30.3 Å². The van der Waals surface area contributed by atoms with Crippen molar-refractivity contribution in [3.8, 4) is 6.07 Å². The van der Waals surface area contributed by atoms with Crippen LogP contribution in [0.3, 0.4) is 0 Å². The van der Waals surface area contributed by atoms with E-state index >= 15 is 0 Å². The summed E-state index contributed by atoms with van der Waals surface area (Å²) in [6, 6.07) is 9.34. The Morgan fingerprint density at radius 3 is 2.54 bits per heavy atom. The molecule has 1 aromatic carbocycles. The van der Waals surface area contributed by atoms with E-state index < -0.39 is 47.9 Å². The lowest BCUT2D eigenvalue weighted by Crippen LogP contribution is -2.59. The van der Waals surface area contributed by atoms with E-state index in [1.54, 1.807) is 4.90 Å². The number of carbonyl (C=O) groups is 4. The van der Waals surface area contributed by atoms with Crippen LogP contribution in [0.5, 0.6) is 0 Å². The second kappa shape index (κ2) is 12.3. The molecule has 204 valence electrons. The molecule has 0 spiro atoms. The maximum absolute atomic E-state index is 13.5. The third-order valence-electron chi connectivity index (χ3n) is 6.47. The molecule has 2 saturated heterocycles. The maximum atomic E-state index is 13.5. The number of ether oxygens (including phenoxy) is 1. The summed E-state index contributed by atoms with van der Waals surface area (Å²) in [6.45, 7) is 1.53. The number of hydrogen-bond donors (Lipinski definition) is 3. The van der Waals surface area contributed by atoms with Gasteiger partial charge in [0, 0.05) is 39.0 Å². The van der Waals surface area contributed by atoms with Crippen LogP contribution in [-0.4, -0.2) is 96.0 Å². The van der Waals surface area contributed by atoms with Crippen LogP contribution in [0.2, 0.25) is 0 Å². The van der Waals surface area contributed by atoms with E-state index in [9.17, 15) is 24.4 Å². The van der Waals surface area contributed by atoms with E-state index in [1.165, 1.54) is 31.3 Å². The van der Waals surface area contributed by atoms with Gasteiger partial charge in [-0.25, -0.2) is 9.97 Å². The molecule has 13 nitrogen and oxygen atoms in total. The smallest absolute Gasteiger partial charge is 0.251 e. The van der Waals surface area contributed by atoms with Gasteiger partial charge in [0.25, 0.3) is 5.91 Å². The summed E-state index contributed by atoms with van der Waals surface area (Å²) in [5.74, 6) is -1.70. The highest BCUT2D eigenvalue weighted by Gasteiger charge is 2.37. The standard InChI is InChI=1S/C26H30N8O5/c1-16-24(36)30-12-18-13-34(23-20(11-27)28-8-9-29-23)14-21(39-18)25(37)32-19(10-17-6-4-3-5-7-17)26(38)33(2)15-22(35)31-16/h3-9,16,18-19,21H,10,12-15H2,1-2H3,(H,30,36)(H,31,35)(H,32,37)/t16-,18+,19-,21-/m1/s1. The molecule has 2 fully saturated rings. The number of rotatable bonds is 3. The lowest BCUT2D eigenvalue weighted by Gasteiger charge is -2.38. The first-order valence-electron chi connectivity index (χ1n) is 12.5. The van der Waals surface area contributed by atoms with Gasteiger partial charge in [0.15, 0.2) is 17.6 Å². The molecule has 2 aromatic rings. The summed E-state index contributed by atoms with van der Waals surface area (Å²) in [6.07, 6.45) is 1.33. The van der Waals surface area contributed by atoms with E-state index in [2.05, 4.69) is 25.9 Å². The Balaban J connectivity index is 1.66. The monoisotopic (exact) mass is 534 g/mol. The van der Waals surface area contributed by atoms with Crippen LogP contribution >= 0.6 is 0 Å². The molecule has 0 radical (unpaired) electrons. The van der Waals surface area contributed by atoms with Gasteiger partial charge in [-0.15, -0.1) is 0 Å². The van der Waals surface area contributed by atoms with Crippen LogP contribution in [0, 0.1) is 11.3 Å². The van der Waals surface area contributed by atoms with E-state index in [1.807, 2.05) is 36.4 Å². The summed E-state index contributed by atoms with van der Waals surface area (Å²) >= 11 is 0. The number of aromatic nitrogens is 2. The van der Waals surface area contributed by atoms with Crippen molar-refractivity contribution < 1.29 is 23.9 Å². The number of morpholine rings is 1. The minimum Gasteiger partial charge on any atom is -0.360 e. The van der Waals surface area contributed by atoms with Crippen molar-refractivity contribution in [3.63, 3.8) is 0 Å². The topological polar surface area (TPSA) is 170 Å². The zero-order valence-corrected chi connectivity index (χ0v) is 21.7. The predicted molar refractivity (Wildman–Crippen MR) is 138 cm³/mol. The first-order valence-corrected chi connectivity index (χ1v) is 12.5. The molecule has 2 aliphatic heterocycles. The number of anilines is 1. The molecule has 1 aromatic heterocycles. The summed E-state index contributed by atoms with van der Waals surface area (Å²) in [5.41, 5.74) is 0.903. The summed E-state index contributed by atoms with van der Waals surface area (Å²) in [5, 5.41) is 17.7. The van der Waals surface area contributed by atoms with E-state index in [-0.39, 0.29) is 44.1 Å². The number of benzene rings is 1. The van der Waals surface area contributed by atoms with Gasteiger partial charge in [0.2, 0.25) is 17.7 Å². The normalized spacial score (nSPS) is 24.9. The van der Waals surface area contributed by atoms with Gasteiger partial charge in [-0.05, 0) is 12.5 Å². The zero-order valence-electron chi connectivity index (χ0n) is 21.7. The molecule has 4 amide bonds. The Labute approximate surface area is 225 Å². The number of nitrogens with one attached hydrogen (secondary N) is 3. The summed E-state index contributed by atoms with van der Waals surface area (Å²) in [7, 11) is 1.46. The lowest BCUT2D eigenvalue weighted by atomic mass is 10.0. The fraction of sp³-hybridized carbons (Fsp3) is 0.423. The maximum Gasteiger partial charge on any atom is 0.251 e. The number of fused-ring (bicyclic) bond motifs is 2. The molecule has 3 heterocycles. The first kappa shape index (κ1) is 27.5. The fourth-order valence-electron chi connectivity index (χ4n) is 4.50. The highest BCUT2D eigenvalue weighted by molar-refractivity contribution is 5.93. The number of nitriles is 1. The average molecular weight is 535 g/mol. The largest absolute Gasteiger partial charge is 0.360 e. The van der Waals surface area contributed by atoms with Crippen molar-refractivity contribution in [2.75, 3.05) is 38.1 Å². The molecule has 39 heavy (non-hydrogen) atoms. The fourth-order valence-corrected chi connectivity index (χ4v) is 4.50. The molecule has 0 unspecified atom stereocenters. The molecule has 4 atom stereocenters. The van der Waals surface area contributed by atoms with E-state index in [4.69, 9.17) is 4.74 Å². The molecule has 0 saturated carbocycles. The van der Waals surface area contributed by atoms with Gasteiger partial charge < -0.3 is 30.5 Å². The van der Waals surface area contributed by atoms with Crippen LogP contribution < -0.4 is 20.9 Å². The predicted octanol–water partition coefficient (Wildman–Crippen LogP) is -1.26. The molecular formula is C26H30N8O5. The lowest BCUT2D eigenvalue weighted by molar-refractivity contribution is -0.143. The Morgan fingerprint density at radius 2 is 1.79 bits per heavy atom. The Hall–Kier alpha value is -4.57. The van der Waals surface area contributed by atoms with Crippen molar-refractivity contribution >= 4 is 29.4 Å². The van der Waals surface area contributed by atoms with Crippen molar-refractivity contribution in [2.45, 2.75) is 37.6 Å². The average Bonchev–Trinajstić information content (AvgIpc) is 2.94. The van der Waals surface area contributed by atoms with Crippen LogP contribution in [0.15, 0.2) is 42.7 Å². The minimum atomic E-state index is -1.05. The van der Waals surface area contributed by atoms with Crippen molar-refractivity contribution in [1.82, 2.24) is 30.8 Å². The van der Waals surface area contributed by atoms with Crippen molar-refractivity contribution in [2.24, 2.45) is 0 Å². The van der Waals surface area contributed by atoms with Crippen LogP contribution in [0.1, 0.15) is 18.2 Å². The number of likely N-dealkylation sites (N-methyl/N-ethyl adjacent to an activating group) is 1. The van der Waals surface area contributed by atoms with E-state index in [0.717, 1.165) is 5.56 Å². The van der Waals surface area contributed by atoms with Crippen LogP contribution in [-0.2, 0) is 30.3 Å². The number of carbonyl (C=O) groups excluding carboxylic acids is 4. The number of nitrogens with zero attached hydrogens (tertiary/aromatic N) is 5. The molecular weight excluding hydrogens is 504 g/mol. The highest BCUT2D eigenvalue weighted by Crippen LogP contribution is 2.21. The van der Waals surface area contributed by atoms with Crippen molar-refractivity contribution in [3.05, 3.63) is 54.0 Å². The summed E-state index contributed by atoms with van der Waals surface area (Å²) < 4.78 is 6.05. The van der Waals surface area contributed by atoms with Gasteiger partial charge in [0.1, 0.15) is 18.2 Å². The van der Waals surface area contributed by atoms with Crippen LogP contribution in [0.25, 0.3) is 0 Å². The molecule has 13 heteroatoms. The number of hydrogen-bond acceptors (Lipinski definition) is 9. The SMILES string of the molecule is C[C@H]1NC(=O)CN(C)C(=O)[C@@H](Cc2ccccc2)NC(=O)[C@H]2CN(c3nccnc3C#N)C[C@H](CNC1=O)O2. The third-order valence-corrected chi connectivity index (χ3v) is 6.47.